The van der Waals surface area contributed by atoms with Crippen molar-refractivity contribution in [3.05, 3.63) is 0 Å². The summed E-state index contributed by atoms with van der Waals surface area (Å²) in [5.41, 5.74) is 0.233. The molecule has 4 rings (SSSR count). The Morgan fingerprint density at radius 3 is 2.69 bits per heavy atom. The first-order valence-electron chi connectivity index (χ1n) is 11.8. The highest BCUT2D eigenvalue weighted by atomic mass is 16.2. The molecule has 148 valence electrons. The smallest absolute Gasteiger partial charge is 0.223 e. The second-order valence-electron chi connectivity index (χ2n) is 9.76. The van der Waals surface area contributed by atoms with Gasteiger partial charge in [0.05, 0.1) is 0 Å². The highest BCUT2D eigenvalue weighted by molar-refractivity contribution is 5.78. The first-order valence-corrected chi connectivity index (χ1v) is 11.8. The van der Waals surface area contributed by atoms with E-state index in [0.29, 0.717) is 11.9 Å². The summed E-state index contributed by atoms with van der Waals surface area (Å²) in [5, 5.41) is 4.06. The van der Waals surface area contributed by atoms with E-state index >= 15 is 0 Å². The summed E-state index contributed by atoms with van der Waals surface area (Å²) in [6, 6.07) is 0.697. The number of carbonyl (C=O) groups is 1. The van der Waals surface area contributed by atoms with Crippen LogP contribution in [0.1, 0.15) is 96.8 Å². The van der Waals surface area contributed by atoms with E-state index in [9.17, 15) is 4.79 Å². The van der Waals surface area contributed by atoms with E-state index in [1.54, 1.807) is 0 Å². The predicted molar refractivity (Wildman–Crippen MR) is 107 cm³/mol. The van der Waals surface area contributed by atoms with Gasteiger partial charge < -0.3 is 10.2 Å². The number of rotatable bonds is 5. The molecule has 4 aliphatic rings. The van der Waals surface area contributed by atoms with E-state index < -0.39 is 0 Å². The summed E-state index contributed by atoms with van der Waals surface area (Å²) >= 11 is 0. The maximum atomic E-state index is 12.7. The van der Waals surface area contributed by atoms with Gasteiger partial charge >= 0.3 is 0 Å². The average Bonchev–Trinajstić information content (AvgIpc) is 3.03. The molecule has 2 saturated carbocycles. The van der Waals surface area contributed by atoms with Gasteiger partial charge in [0.1, 0.15) is 0 Å². The Labute approximate surface area is 160 Å². The van der Waals surface area contributed by atoms with Crippen molar-refractivity contribution in [3.63, 3.8) is 0 Å². The van der Waals surface area contributed by atoms with Crippen molar-refractivity contribution in [1.82, 2.24) is 10.2 Å². The summed E-state index contributed by atoms with van der Waals surface area (Å²) in [4.78, 5) is 15.1. The predicted octanol–water partition coefficient (Wildman–Crippen LogP) is 4.90. The molecule has 3 heteroatoms. The van der Waals surface area contributed by atoms with Crippen LogP contribution in [-0.2, 0) is 4.79 Å². The molecule has 0 aromatic heterocycles. The van der Waals surface area contributed by atoms with Crippen molar-refractivity contribution in [1.29, 1.82) is 0 Å². The van der Waals surface area contributed by atoms with Crippen molar-refractivity contribution in [2.24, 2.45) is 17.8 Å². The van der Waals surface area contributed by atoms with Gasteiger partial charge in [-0.2, -0.15) is 0 Å². The van der Waals surface area contributed by atoms with Gasteiger partial charge in [0, 0.05) is 24.5 Å². The second kappa shape index (κ2) is 8.20. The molecule has 3 nitrogen and oxygen atoms in total. The average molecular weight is 361 g/mol. The lowest BCUT2D eigenvalue weighted by atomic mass is 9.61. The lowest BCUT2D eigenvalue weighted by molar-refractivity contribution is -0.138. The van der Waals surface area contributed by atoms with Crippen LogP contribution in [-0.4, -0.2) is 35.5 Å². The van der Waals surface area contributed by atoms with E-state index in [0.717, 1.165) is 37.1 Å². The summed E-state index contributed by atoms with van der Waals surface area (Å²) in [6.45, 7) is 4.63. The molecule has 1 N–H and O–H groups in total. The number of hydrogen-bond acceptors (Lipinski definition) is 2. The van der Waals surface area contributed by atoms with Crippen molar-refractivity contribution in [3.8, 4) is 0 Å². The number of nitrogens with one attached hydrogen (secondary N) is 1. The Morgan fingerprint density at radius 1 is 1.04 bits per heavy atom. The van der Waals surface area contributed by atoms with Gasteiger partial charge in [-0.05, 0) is 82.1 Å². The molecule has 4 atom stereocenters. The fraction of sp³-hybridized carbons (Fsp3) is 0.957. The summed E-state index contributed by atoms with van der Waals surface area (Å²) < 4.78 is 0. The van der Waals surface area contributed by atoms with Gasteiger partial charge in [0.15, 0.2) is 0 Å². The first-order chi connectivity index (χ1) is 12.7. The van der Waals surface area contributed by atoms with Crippen LogP contribution in [0.3, 0.4) is 0 Å². The monoisotopic (exact) mass is 360 g/mol. The van der Waals surface area contributed by atoms with Gasteiger partial charge in [-0.3, -0.25) is 4.79 Å². The van der Waals surface area contributed by atoms with Crippen LogP contribution >= 0.6 is 0 Å². The Kier molecular flexibility index (Phi) is 5.93. The van der Waals surface area contributed by atoms with Crippen LogP contribution in [0.5, 0.6) is 0 Å². The van der Waals surface area contributed by atoms with Gasteiger partial charge in [-0.15, -0.1) is 0 Å². The molecule has 0 radical (unpaired) electrons. The van der Waals surface area contributed by atoms with Crippen LogP contribution in [0, 0.1) is 17.8 Å². The molecule has 0 aromatic rings. The van der Waals surface area contributed by atoms with E-state index in [2.05, 4.69) is 17.1 Å². The zero-order valence-electron chi connectivity index (χ0n) is 17.0. The number of nitrogens with zero attached hydrogens (tertiary/aromatic N) is 1. The first kappa shape index (κ1) is 18.8. The van der Waals surface area contributed by atoms with E-state index in [1.807, 2.05) is 0 Å². The summed E-state index contributed by atoms with van der Waals surface area (Å²) in [6.07, 6.45) is 18.1. The van der Waals surface area contributed by atoms with Crippen LogP contribution in [0.4, 0.5) is 0 Å². The lowest BCUT2D eigenvalue weighted by Crippen LogP contribution is -2.60. The maximum Gasteiger partial charge on any atom is 0.223 e. The molecule has 2 aliphatic carbocycles. The van der Waals surface area contributed by atoms with E-state index in [1.165, 1.54) is 83.6 Å². The minimum Gasteiger partial charge on any atom is -0.337 e. The molecular formula is C23H40N2O. The highest BCUT2D eigenvalue weighted by Crippen LogP contribution is 2.52. The Bertz CT molecular complexity index is 487. The van der Waals surface area contributed by atoms with Crippen molar-refractivity contribution in [2.45, 2.75) is 108 Å². The van der Waals surface area contributed by atoms with Crippen LogP contribution < -0.4 is 5.32 Å². The standard InChI is InChI=1S/C23H40N2O/c1-2-8-19-20-11-6-12-22(26)25-16-7-14-23(20,25)15-13-21(19)24-17-18-9-4-3-5-10-18/h18-21,24H,2-17H2,1H3/t19-,20+,21-,23-/m1/s1. The third-order valence-electron chi connectivity index (χ3n) is 8.36. The fourth-order valence-electron chi connectivity index (χ4n) is 7.19. The van der Waals surface area contributed by atoms with Gasteiger partial charge in [-0.25, -0.2) is 0 Å². The molecule has 26 heavy (non-hydrogen) atoms. The molecule has 2 heterocycles. The molecule has 0 unspecified atom stereocenters. The van der Waals surface area contributed by atoms with E-state index in [4.69, 9.17) is 0 Å². The second-order valence-corrected chi connectivity index (χ2v) is 9.76. The van der Waals surface area contributed by atoms with Gasteiger partial charge in [0.25, 0.3) is 0 Å². The SMILES string of the molecule is CCC[C@H]1[C@H](NCC2CCCCC2)CC[C@@]23CCCN2C(=O)CCC[C@@H]13. The van der Waals surface area contributed by atoms with Crippen LogP contribution in [0.2, 0.25) is 0 Å². The zero-order chi connectivity index (χ0) is 18.0. The molecule has 1 amide bonds. The normalized spacial score (nSPS) is 38.7. The molecule has 2 aliphatic heterocycles. The van der Waals surface area contributed by atoms with Crippen molar-refractivity contribution >= 4 is 5.91 Å². The number of hydrogen-bond donors (Lipinski definition) is 1. The highest BCUT2D eigenvalue weighted by Gasteiger charge is 2.55. The Morgan fingerprint density at radius 2 is 1.88 bits per heavy atom. The zero-order valence-corrected chi connectivity index (χ0v) is 17.0. The quantitative estimate of drug-likeness (QED) is 0.756. The maximum absolute atomic E-state index is 12.7. The van der Waals surface area contributed by atoms with Gasteiger partial charge in [0.2, 0.25) is 5.91 Å². The Balaban J connectivity index is 1.49. The van der Waals surface area contributed by atoms with Crippen LogP contribution in [0.25, 0.3) is 0 Å². The Hall–Kier alpha value is -0.570. The lowest BCUT2D eigenvalue weighted by Gasteiger charge is -2.53. The molecule has 1 spiro atoms. The molecule has 0 bridgehead atoms. The third-order valence-corrected chi connectivity index (χ3v) is 8.36. The largest absolute Gasteiger partial charge is 0.337 e. The fourth-order valence-corrected chi connectivity index (χ4v) is 7.19. The minimum absolute atomic E-state index is 0.233. The van der Waals surface area contributed by atoms with Crippen molar-refractivity contribution in [2.75, 3.05) is 13.1 Å². The van der Waals surface area contributed by atoms with Gasteiger partial charge in [-0.1, -0.05) is 32.6 Å². The topological polar surface area (TPSA) is 32.3 Å². The van der Waals surface area contributed by atoms with Crippen LogP contribution in [0.15, 0.2) is 0 Å². The van der Waals surface area contributed by atoms with E-state index in [-0.39, 0.29) is 5.54 Å². The number of amides is 1. The summed E-state index contributed by atoms with van der Waals surface area (Å²) in [7, 11) is 0. The molecule has 4 fully saturated rings. The minimum atomic E-state index is 0.233. The third kappa shape index (κ3) is 3.45. The van der Waals surface area contributed by atoms with Crippen molar-refractivity contribution < 1.29 is 4.79 Å². The molecule has 0 aromatic carbocycles. The molecular weight excluding hydrogens is 320 g/mol. The number of carbonyl (C=O) groups excluding carboxylic acids is 1. The summed E-state index contributed by atoms with van der Waals surface area (Å²) in [5.74, 6) is 2.91. The molecule has 2 saturated heterocycles.